The third-order valence-corrected chi connectivity index (χ3v) is 2.45. The maximum Gasteiger partial charge on any atom is 0.269 e. The number of nitro groups is 1. The quantitative estimate of drug-likeness (QED) is 0.201. The molecule has 0 aliphatic rings. The molecule has 120 valence electrons. The molecular weight excluding hydrogens is 302 g/mol. The van der Waals surface area contributed by atoms with Crippen LogP contribution in [-0.2, 0) is 16.2 Å². The van der Waals surface area contributed by atoms with Crippen LogP contribution in [0.5, 0.6) is 0 Å². The maximum atomic E-state index is 11.6. The van der Waals surface area contributed by atoms with E-state index in [9.17, 15) is 14.9 Å². The molecule has 0 unspecified atom stereocenters. The lowest BCUT2D eigenvalue weighted by atomic mass is 10.2. The summed E-state index contributed by atoms with van der Waals surface area (Å²) in [6.07, 6.45) is 2.40. The average Bonchev–Trinajstić information content (AvgIpc) is 2.52. The van der Waals surface area contributed by atoms with Gasteiger partial charge in [-0.15, -0.1) is 0 Å². The second-order valence-electron chi connectivity index (χ2n) is 4.52. The SMILES string of the molecule is CN(C)C=C(C#N)C(=O)NC=NOCc1ccc([N+](=O)[O-])cc1. The molecule has 9 heteroatoms. The third kappa shape index (κ3) is 6.26. The van der Waals surface area contributed by atoms with Gasteiger partial charge < -0.3 is 15.1 Å². The number of hydrogen-bond donors (Lipinski definition) is 1. The number of rotatable bonds is 7. The van der Waals surface area contributed by atoms with Crippen molar-refractivity contribution in [3.8, 4) is 6.07 Å². The Morgan fingerprint density at radius 1 is 1.48 bits per heavy atom. The Morgan fingerprint density at radius 3 is 2.65 bits per heavy atom. The van der Waals surface area contributed by atoms with Gasteiger partial charge in [-0.25, -0.2) is 0 Å². The van der Waals surface area contributed by atoms with Crippen molar-refractivity contribution in [1.82, 2.24) is 10.2 Å². The number of nitrogens with one attached hydrogen (secondary N) is 1. The Hall–Kier alpha value is -3.41. The predicted molar refractivity (Wildman–Crippen MR) is 81.9 cm³/mol. The zero-order valence-corrected chi connectivity index (χ0v) is 12.6. The topological polar surface area (TPSA) is 121 Å². The summed E-state index contributed by atoms with van der Waals surface area (Å²) < 4.78 is 0. The molecule has 0 aliphatic carbocycles. The lowest BCUT2D eigenvalue weighted by Crippen LogP contribution is -2.24. The molecule has 0 bridgehead atoms. The summed E-state index contributed by atoms with van der Waals surface area (Å²) >= 11 is 0. The minimum atomic E-state index is -0.608. The molecule has 23 heavy (non-hydrogen) atoms. The molecule has 0 spiro atoms. The molecule has 1 amide bonds. The molecule has 1 aromatic carbocycles. The van der Waals surface area contributed by atoms with Gasteiger partial charge in [-0.3, -0.25) is 14.9 Å². The van der Waals surface area contributed by atoms with E-state index in [1.165, 1.54) is 18.3 Å². The van der Waals surface area contributed by atoms with Crippen molar-refractivity contribution in [1.29, 1.82) is 5.26 Å². The molecule has 1 aromatic rings. The van der Waals surface area contributed by atoms with Crippen LogP contribution < -0.4 is 5.32 Å². The first kappa shape index (κ1) is 17.6. The maximum absolute atomic E-state index is 11.6. The highest BCUT2D eigenvalue weighted by molar-refractivity contribution is 6.02. The van der Waals surface area contributed by atoms with E-state index in [1.807, 2.05) is 0 Å². The van der Waals surface area contributed by atoms with E-state index in [0.29, 0.717) is 5.56 Å². The fourth-order valence-corrected chi connectivity index (χ4v) is 1.42. The van der Waals surface area contributed by atoms with Crippen LogP contribution in [0.2, 0.25) is 0 Å². The molecule has 0 heterocycles. The zero-order chi connectivity index (χ0) is 17.2. The summed E-state index contributed by atoms with van der Waals surface area (Å²) in [5, 5.41) is 25.1. The van der Waals surface area contributed by atoms with Gasteiger partial charge in [0, 0.05) is 32.4 Å². The zero-order valence-electron chi connectivity index (χ0n) is 12.6. The number of carbonyl (C=O) groups excluding carboxylic acids is 1. The average molecular weight is 317 g/mol. The van der Waals surface area contributed by atoms with Gasteiger partial charge in [0.25, 0.3) is 11.6 Å². The monoisotopic (exact) mass is 317 g/mol. The van der Waals surface area contributed by atoms with Crippen molar-refractivity contribution >= 4 is 17.9 Å². The number of nitro benzene ring substituents is 1. The van der Waals surface area contributed by atoms with E-state index in [0.717, 1.165) is 6.34 Å². The predicted octanol–water partition coefficient (Wildman–Crippen LogP) is 1.14. The van der Waals surface area contributed by atoms with Gasteiger partial charge in [0.1, 0.15) is 24.6 Å². The number of oxime groups is 1. The van der Waals surface area contributed by atoms with Crippen LogP contribution in [0.15, 0.2) is 41.2 Å². The highest BCUT2D eigenvalue weighted by Gasteiger charge is 2.07. The van der Waals surface area contributed by atoms with E-state index >= 15 is 0 Å². The lowest BCUT2D eigenvalue weighted by Gasteiger charge is -2.05. The summed E-state index contributed by atoms with van der Waals surface area (Å²) in [5.74, 6) is -0.608. The van der Waals surface area contributed by atoms with Crippen LogP contribution in [0, 0.1) is 21.4 Å². The second kappa shape index (κ2) is 8.78. The molecule has 0 saturated carbocycles. The van der Waals surface area contributed by atoms with Gasteiger partial charge in [-0.2, -0.15) is 5.26 Å². The number of nitrogens with zero attached hydrogens (tertiary/aromatic N) is 4. The Bertz CT molecular complexity index is 659. The van der Waals surface area contributed by atoms with E-state index in [4.69, 9.17) is 10.1 Å². The second-order valence-corrected chi connectivity index (χ2v) is 4.52. The Labute approximate surface area is 132 Å². The molecule has 9 nitrogen and oxygen atoms in total. The molecule has 0 aliphatic heterocycles. The minimum absolute atomic E-state index is 0.0128. The highest BCUT2D eigenvalue weighted by Crippen LogP contribution is 2.12. The summed E-state index contributed by atoms with van der Waals surface area (Å²) in [7, 11) is 3.37. The van der Waals surface area contributed by atoms with Crippen molar-refractivity contribution in [2.24, 2.45) is 5.16 Å². The summed E-state index contributed by atoms with van der Waals surface area (Å²) in [4.78, 5) is 28.1. The first-order chi connectivity index (χ1) is 10.9. The first-order valence-corrected chi connectivity index (χ1v) is 6.40. The fraction of sp³-hybridized carbons (Fsp3) is 0.214. The molecule has 0 atom stereocenters. The molecule has 1 rings (SSSR count). The molecule has 1 N–H and O–H groups in total. The van der Waals surface area contributed by atoms with Crippen LogP contribution >= 0.6 is 0 Å². The van der Waals surface area contributed by atoms with Crippen molar-refractivity contribution in [3.05, 3.63) is 51.7 Å². The van der Waals surface area contributed by atoms with E-state index in [2.05, 4.69) is 10.5 Å². The molecule has 0 aromatic heterocycles. The van der Waals surface area contributed by atoms with Crippen LogP contribution in [-0.4, -0.2) is 36.2 Å². The fourth-order valence-electron chi connectivity index (χ4n) is 1.42. The smallest absolute Gasteiger partial charge is 0.269 e. The van der Waals surface area contributed by atoms with Crippen molar-refractivity contribution in [2.45, 2.75) is 6.61 Å². The highest BCUT2D eigenvalue weighted by atomic mass is 16.6. The number of non-ortho nitro benzene ring substituents is 1. The number of hydrogen-bond acceptors (Lipinski definition) is 7. The number of amides is 1. The van der Waals surface area contributed by atoms with Gasteiger partial charge in [0.15, 0.2) is 0 Å². The summed E-state index contributed by atoms with van der Waals surface area (Å²) in [5.41, 5.74) is 0.599. The largest absolute Gasteiger partial charge is 0.390 e. The Balaban J connectivity index is 2.44. The van der Waals surface area contributed by atoms with Crippen molar-refractivity contribution in [3.63, 3.8) is 0 Å². The third-order valence-electron chi connectivity index (χ3n) is 2.45. The first-order valence-electron chi connectivity index (χ1n) is 6.40. The molecule has 0 fully saturated rings. The van der Waals surface area contributed by atoms with Gasteiger partial charge >= 0.3 is 0 Å². The molecular formula is C14H15N5O4. The van der Waals surface area contributed by atoms with Gasteiger partial charge in [-0.1, -0.05) is 5.16 Å². The number of benzene rings is 1. The summed E-state index contributed by atoms with van der Waals surface area (Å²) in [6.45, 7) is 0.0863. The van der Waals surface area contributed by atoms with Crippen LogP contribution in [0.4, 0.5) is 5.69 Å². The Morgan fingerprint density at radius 2 is 2.13 bits per heavy atom. The molecule has 0 radical (unpaired) electrons. The Kier molecular flexibility index (Phi) is 6.74. The van der Waals surface area contributed by atoms with Gasteiger partial charge in [0.05, 0.1) is 4.92 Å². The van der Waals surface area contributed by atoms with Crippen LogP contribution in [0.3, 0.4) is 0 Å². The normalized spacial score (nSPS) is 10.9. The number of nitriles is 1. The summed E-state index contributed by atoms with van der Waals surface area (Å²) in [6, 6.07) is 7.56. The van der Waals surface area contributed by atoms with Gasteiger partial charge in [0.2, 0.25) is 0 Å². The molecule has 0 saturated heterocycles. The minimum Gasteiger partial charge on any atom is -0.390 e. The van der Waals surface area contributed by atoms with E-state index < -0.39 is 10.8 Å². The van der Waals surface area contributed by atoms with Crippen LogP contribution in [0.1, 0.15) is 5.56 Å². The standard InChI is InChI=1S/C14H15N5O4/c1-18(2)8-12(7-15)14(20)16-10-17-23-9-11-3-5-13(6-4-11)19(21)22/h3-6,8,10H,9H2,1-2H3,(H,16,17,20). The van der Waals surface area contributed by atoms with Gasteiger partial charge in [-0.05, 0) is 17.7 Å². The van der Waals surface area contributed by atoms with E-state index in [1.54, 1.807) is 37.2 Å². The lowest BCUT2D eigenvalue weighted by molar-refractivity contribution is -0.384. The van der Waals surface area contributed by atoms with Crippen LogP contribution in [0.25, 0.3) is 0 Å². The van der Waals surface area contributed by atoms with E-state index in [-0.39, 0.29) is 17.9 Å². The van der Waals surface area contributed by atoms with Crippen molar-refractivity contribution < 1.29 is 14.6 Å². The number of carbonyl (C=O) groups is 1. The van der Waals surface area contributed by atoms with Crippen molar-refractivity contribution in [2.75, 3.05) is 14.1 Å².